The van der Waals surface area contributed by atoms with E-state index in [1.54, 1.807) is 38.2 Å². The van der Waals surface area contributed by atoms with Gasteiger partial charge >= 0.3 is 0 Å². The quantitative estimate of drug-likeness (QED) is 0.465. The first-order valence-electron chi connectivity index (χ1n) is 5.52. The van der Waals surface area contributed by atoms with Crippen LogP contribution in [0.3, 0.4) is 0 Å². The van der Waals surface area contributed by atoms with Gasteiger partial charge in [-0.3, -0.25) is 14.4 Å². The third-order valence-electron chi connectivity index (χ3n) is 2.77. The van der Waals surface area contributed by atoms with Crippen LogP contribution in [-0.2, 0) is 4.84 Å². The van der Waals surface area contributed by atoms with E-state index in [0.29, 0.717) is 17.5 Å². The Bertz CT molecular complexity index is 417. The van der Waals surface area contributed by atoms with Gasteiger partial charge in [0.05, 0.1) is 0 Å². The molecule has 1 unspecified atom stereocenters. The van der Waals surface area contributed by atoms with Gasteiger partial charge in [-0.2, -0.15) is 0 Å². The monoisotopic (exact) mass is 235 g/mol. The van der Waals surface area contributed by atoms with Crippen LogP contribution >= 0.6 is 0 Å². The van der Waals surface area contributed by atoms with E-state index in [2.05, 4.69) is 5.48 Å². The number of ketones is 1. The fourth-order valence-corrected chi connectivity index (χ4v) is 1.56. The molecule has 0 saturated heterocycles. The first-order valence-corrected chi connectivity index (χ1v) is 5.52. The minimum absolute atomic E-state index is 0.141. The zero-order valence-electron chi connectivity index (χ0n) is 10.3. The number of carbonyl (C=O) groups is 2. The molecule has 0 spiro atoms. The molecule has 1 aromatic carbocycles. The van der Waals surface area contributed by atoms with E-state index >= 15 is 0 Å². The third-order valence-corrected chi connectivity index (χ3v) is 2.77. The highest BCUT2D eigenvalue weighted by Crippen LogP contribution is 2.20. The molecular weight excluding hydrogens is 218 g/mol. The maximum atomic E-state index is 12.3. The number of aldehydes is 1. The van der Waals surface area contributed by atoms with Gasteiger partial charge in [-0.05, 0) is 19.4 Å². The molecule has 1 N–H and O–H groups in total. The number of hydroxylamine groups is 1. The van der Waals surface area contributed by atoms with Crippen LogP contribution in [0.1, 0.15) is 41.0 Å². The predicted octanol–water partition coefficient (Wildman–Crippen LogP) is 2.00. The molecule has 4 heteroatoms. The fraction of sp³-hybridized carbons (Fsp3) is 0.385. The average Bonchev–Trinajstić information content (AvgIpc) is 2.38. The van der Waals surface area contributed by atoms with Crippen molar-refractivity contribution in [1.29, 1.82) is 0 Å². The van der Waals surface area contributed by atoms with Gasteiger partial charge in [-0.15, -0.1) is 0 Å². The summed E-state index contributed by atoms with van der Waals surface area (Å²) >= 11 is 0. The number of Topliss-reactive ketones (excluding diaryl/α,β-unsaturated/α-hetero) is 1. The van der Waals surface area contributed by atoms with Gasteiger partial charge in [-0.25, -0.2) is 5.48 Å². The maximum Gasteiger partial charge on any atom is 0.196 e. The Morgan fingerprint density at radius 2 is 2.24 bits per heavy atom. The van der Waals surface area contributed by atoms with E-state index in [9.17, 15) is 9.59 Å². The Labute approximate surface area is 101 Å². The molecule has 0 heterocycles. The molecule has 0 radical (unpaired) electrons. The van der Waals surface area contributed by atoms with E-state index in [1.807, 2.05) is 6.92 Å². The van der Waals surface area contributed by atoms with Gasteiger partial charge in [0.25, 0.3) is 0 Å². The van der Waals surface area contributed by atoms with Crippen LogP contribution in [0.15, 0.2) is 24.3 Å². The van der Waals surface area contributed by atoms with Crippen LogP contribution in [0.2, 0.25) is 0 Å². The number of hydrogen-bond acceptors (Lipinski definition) is 4. The van der Waals surface area contributed by atoms with Crippen LogP contribution in [-0.4, -0.2) is 24.7 Å². The number of nitrogens with one attached hydrogen (secondary N) is 1. The van der Waals surface area contributed by atoms with E-state index in [4.69, 9.17) is 4.84 Å². The van der Waals surface area contributed by atoms with Gasteiger partial charge < -0.3 is 0 Å². The van der Waals surface area contributed by atoms with Crippen molar-refractivity contribution in [2.45, 2.75) is 25.9 Å². The minimum atomic E-state index is -0.920. The number of carbonyl (C=O) groups excluding carboxylic acids is 2. The zero-order chi connectivity index (χ0) is 12.9. The molecule has 0 aliphatic carbocycles. The Morgan fingerprint density at radius 3 is 2.76 bits per heavy atom. The molecule has 0 fully saturated rings. The summed E-state index contributed by atoms with van der Waals surface area (Å²) in [4.78, 5) is 28.2. The highest BCUT2D eigenvalue weighted by molar-refractivity contribution is 6.03. The van der Waals surface area contributed by atoms with E-state index in [1.165, 1.54) is 0 Å². The summed E-state index contributed by atoms with van der Waals surface area (Å²) in [6, 6.07) is 6.60. The van der Waals surface area contributed by atoms with Crippen LogP contribution in [0.25, 0.3) is 0 Å². The van der Waals surface area contributed by atoms with Gasteiger partial charge in [-0.1, -0.05) is 25.1 Å². The molecule has 1 atom stereocenters. The third kappa shape index (κ3) is 2.99. The Kier molecular flexibility index (Phi) is 4.54. The molecule has 92 valence electrons. The summed E-state index contributed by atoms with van der Waals surface area (Å²) in [6.07, 6.45) is 1.26. The molecular formula is C13H17NO3. The van der Waals surface area contributed by atoms with Crippen molar-refractivity contribution in [1.82, 2.24) is 5.48 Å². The lowest BCUT2D eigenvalue weighted by atomic mass is 9.91. The molecule has 0 saturated carbocycles. The van der Waals surface area contributed by atoms with E-state index in [0.717, 1.165) is 6.29 Å². The van der Waals surface area contributed by atoms with Crippen LogP contribution < -0.4 is 5.48 Å². The summed E-state index contributed by atoms with van der Waals surface area (Å²) in [5.41, 5.74) is 2.59. The van der Waals surface area contributed by atoms with Crippen molar-refractivity contribution >= 4 is 12.1 Å². The summed E-state index contributed by atoms with van der Waals surface area (Å²) in [5.74, 6) is -0.141. The second-order valence-electron chi connectivity index (χ2n) is 3.96. The Morgan fingerprint density at radius 1 is 1.53 bits per heavy atom. The van der Waals surface area contributed by atoms with Gasteiger partial charge in [0.15, 0.2) is 5.78 Å². The van der Waals surface area contributed by atoms with Crippen LogP contribution in [0.4, 0.5) is 0 Å². The van der Waals surface area contributed by atoms with Crippen molar-refractivity contribution in [3.63, 3.8) is 0 Å². The van der Waals surface area contributed by atoms with Crippen LogP contribution in [0, 0.1) is 0 Å². The van der Waals surface area contributed by atoms with Gasteiger partial charge in [0.2, 0.25) is 0 Å². The second kappa shape index (κ2) is 5.70. The Hall–Kier alpha value is -1.52. The molecule has 4 nitrogen and oxygen atoms in total. The lowest BCUT2D eigenvalue weighted by Crippen LogP contribution is -2.41. The molecule has 17 heavy (non-hydrogen) atoms. The SMILES string of the molecule is CCC(C)(ONC)C(=O)c1cccc(C=O)c1. The average molecular weight is 235 g/mol. The van der Waals surface area contributed by atoms with Gasteiger partial charge in [0.1, 0.15) is 11.9 Å². The van der Waals surface area contributed by atoms with Crippen LogP contribution in [0.5, 0.6) is 0 Å². The van der Waals surface area contributed by atoms with Crippen molar-refractivity contribution < 1.29 is 14.4 Å². The molecule has 0 aliphatic rings. The van der Waals surface area contributed by atoms with Crippen molar-refractivity contribution in [2.75, 3.05) is 7.05 Å². The topological polar surface area (TPSA) is 55.4 Å². The lowest BCUT2D eigenvalue weighted by molar-refractivity contribution is -0.0643. The summed E-state index contributed by atoms with van der Waals surface area (Å²) in [7, 11) is 1.61. The molecule has 0 aromatic heterocycles. The standard InChI is InChI=1S/C13H17NO3/c1-4-13(2,17-14-3)12(16)11-7-5-6-10(8-11)9-15/h5-9,14H,4H2,1-3H3. The first-order chi connectivity index (χ1) is 8.07. The minimum Gasteiger partial charge on any atom is -0.298 e. The van der Waals surface area contributed by atoms with Crippen molar-refractivity contribution in [3.05, 3.63) is 35.4 Å². The smallest absolute Gasteiger partial charge is 0.196 e. The zero-order valence-corrected chi connectivity index (χ0v) is 10.3. The molecule has 0 aliphatic heterocycles. The highest BCUT2D eigenvalue weighted by Gasteiger charge is 2.33. The lowest BCUT2D eigenvalue weighted by Gasteiger charge is -2.25. The van der Waals surface area contributed by atoms with E-state index in [-0.39, 0.29) is 5.78 Å². The summed E-state index contributed by atoms with van der Waals surface area (Å²) < 4.78 is 0. The van der Waals surface area contributed by atoms with Gasteiger partial charge in [0, 0.05) is 18.2 Å². The molecule has 1 rings (SSSR count). The number of rotatable bonds is 6. The predicted molar refractivity (Wildman–Crippen MR) is 65.0 cm³/mol. The second-order valence-corrected chi connectivity index (χ2v) is 3.96. The number of hydrogen-bond donors (Lipinski definition) is 1. The van der Waals surface area contributed by atoms with E-state index < -0.39 is 5.60 Å². The molecule has 0 amide bonds. The fourth-order valence-electron chi connectivity index (χ4n) is 1.56. The van der Waals surface area contributed by atoms with Crippen molar-refractivity contribution in [2.24, 2.45) is 0 Å². The Balaban J connectivity index is 3.05. The molecule has 0 bridgehead atoms. The summed E-state index contributed by atoms with van der Waals surface area (Å²) in [5, 5.41) is 0. The normalized spacial score (nSPS) is 14.1. The number of benzene rings is 1. The maximum absolute atomic E-state index is 12.3. The first kappa shape index (κ1) is 13.5. The highest BCUT2D eigenvalue weighted by atomic mass is 16.7. The molecule has 1 aromatic rings. The van der Waals surface area contributed by atoms with Crippen molar-refractivity contribution in [3.8, 4) is 0 Å². The summed E-state index contributed by atoms with van der Waals surface area (Å²) in [6.45, 7) is 3.60. The largest absolute Gasteiger partial charge is 0.298 e.